The topological polar surface area (TPSA) is 109 Å². The molecule has 3 N–H and O–H groups in total. The highest BCUT2D eigenvalue weighted by Crippen LogP contribution is 2.33. The second-order valence-electron chi connectivity index (χ2n) is 3.71. The number of hydrogen-bond donors (Lipinski definition) is 3. The molecule has 0 amide bonds. The zero-order chi connectivity index (χ0) is 15.8. The zero-order valence-electron chi connectivity index (χ0n) is 11.2. The van der Waals surface area contributed by atoms with E-state index in [1.165, 1.54) is 19.4 Å². The highest BCUT2D eigenvalue weighted by molar-refractivity contribution is 7.80. The summed E-state index contributed by atoms with van der Waals surface area (Å²) < 4.78 is 4.87. The number of methoxy groups -OCH3 is 1. The minimum absolute atomic E-state index is 0.0157. The van der Waals surface area contributed by atoms with Crippen LogP contribution in [0.4, 0.5) is 5.69 Å². The van der Waals surface area contributed by atoms with Crippen LogP contribution in [0.3, 0.4) is 0 Å². The summed E-state index contributed by atoms with van der Waals surface area (Å²) in [6, 6.07) is 2.29. The molecule has 112 valence electrons. The molecular weight excluding hydrogens is 296 g/mol. The first-order valence-corrected chi connectivity index (χ1v) is 6.13. The van der Waals surface area contributed by atoms with Crippen LogP contribution in [-0.4, -0.2) is 35.0 Å². The van der Waals surface area contributed by atoms with E-state index >= 15 is 0 Å². The SMILES string of the molecule is C=CCNC(=S)NN=Cc1cc([N+](=O)[O-])cc(OC)c1O. The molecule has 0 aliphatic carbocycles. The summed E-state index contributed by atoms with van der Waals surface area (Å²) in [6.07, 6.45) is 2.82. The van der Waals surface area contributed by atoms with Gasteiger partial charge < -0.3 is 15.2 Å². The number of nitro groups is 1. The monoisotopic (exact) mass is 310 g/mol. The number of non-ortho nitro benzene ring substituents is 1. The third kappa shape index (κ3) is 4.73. The van der Waals surface area contributed by atoms with Crippen molar-refractivity contribution in [2.24, 2.45) is 5.10 Å². The fourth-order valence-electron chi connectivity index (χ4n) is 1.34. The molecule has 8 nitrogen and oxygen atoms in total. The van der Waals surface area contributed by atoms with Crippen LogP contribution in [0, 0.1) is 10.1 Å². The molecule has 1 aromatic rings. The van der Waals surface area contributed by atoms with Gasteiger partial charge in [-0.2, -0.15) is 5.10 Å². The van der Waals surface area contributed by atoms with Crippen LogP contribution in [0.15, 0.2) is 29.9 Å². The molecule has 0 aromatic heterocycles. The number of benzene rings is 1. The minimum Gasteiger partial charge on any atom is -0.504 e. The van der Waals surface area contributed by atoms with Crippen molar-refractivity contribution in [2.45, 2.75) is 0 Å². The first-order chi connectivity index (χ1) is 9.99. The van der Waals surface area contributed by atoms with Crippen molar-refractivity contribution in [3.8, 4) is 11.5 Å². The molecule has 9 heteroatoms. The Balaban J connectivity index is 2.91. The van der Waals surface area contributed by atoms with Gasteiger partial charge in [0.25, 0.3) is 5.69 Å². The van der Waals surface area contributed by atoms with Gasteiger partial charge in [-0.05, 0) is 12.2 Å². The van der Waals surface area contributed by atoms with Crippen molar-refractivity contribution in [2.75, 3.05) is 13.7 Å². The number of aromatic hydroxyl groups is 1. The van der Waals surface area contributed by atoms with Crippen molar-refractivity contribution >= 4 is 29.2 Å². The lowest BCUT2D eigenvalue weighted by molar-refractivity contribution is -0.385. The fraction of sp³-hybridized carbons (Fsp3) is 0.167. The average molecular weight is 310 g/mol. The first kappa shape index (κ1) is 16.4. The predicted octanol–water partition coefficient (Wildman–Crippen LogP) is 1.29. The number of nitrogens with zero attached hydrogens (tertiary/aromatic N) is 2. The van der Waals surface area contributed by atoms with E-state index in [1.807, 2.05) is 0 Å². The van der Waals surface area contributed by atoms with Gasteiger partial charge in [-0.25, -0.2) is 0 Å². The quantitative estimate of drug-likeness (QED) is 0.239. The summed E-state index contributed by atoms with van der Waals surface area (Å²) in [5.74, 6) is -0.267. The van der Waals surface area contributed by atoms with Gasteiger partial charge >= 0.3 is 0 Å². The number of hydrazone groups is 1. The van der Waals surface area contributed by atoms with Crippen LogP contribution >= 0.6 is 12.2 Å². The third-order valence-electron chi connectivity index (χ3n) is 2.30. The Kier molecular flexibility index (Phi) is 6.08. The molecule has 0 atom stereocenters. The second kappa shape index (κ2) is 7.80. The van der Waals surface area contributed by atoms with E-state index in [4.69, 9.17) is 17.0 Å². The number of nitro benzene ring substituents is 1. The van der Waals surface area contributed by atoms with Crippen LogP contribution in [0.2, 0.25) is 0 Å². The van der Waals surface area contributed by atoms with Crippen LogP contribution in [0.1, 0.15) is 5.56 Å². The summed E-state index contributed by atoms with van der Waals surface area (Å²) in [5.41, 5.74) is 2.40. The number of ether oxygens (including phenoxy) is 1. The Morgan fingerprint density at radius 2 is 2.38 bits per heavy atom. The maximum atomic E-state index is 10.8. The molecular formula is C12H14N4O4S. The van der Waals surface area contributed by atoms with Gasteiger partial charge in [0.2, 0.25) is 0 Å². The first-order valence-electron chi connectivity index (χ1n) is 5.72. The highest BCUT2D eigenvalue weighted by Gasteiger charge is 2.15. The summed E-state index contributed by atoms with van der Waals surface area (Å²) in [5, 5.41) is 27.5. The normalized spacial score (nSPS) is 10.1. The maximum absolute atomic E-state index is 10.8. The Bertz CT molecular complexity index is 589. The Morgan fingerprint density at radius 1 is 1.67 bits per heavy atom. The Hall–Kier alpha value is -2.68. The van der Waals surface area contributed by atoms with E-state index < -0.39 is 4.92 Å². The summed E-state index contributed by atoms with van der Waals surface area (Å²) in [4.78, 5) is 10.2. The van der Waals surface area contributed by atoms with Gasteiger partial charge in [-0.15, -0.1) is 6.58 Å². The standard InChI is InChI=1S/C12H14N4O4S/c1-3-4-13-12(21)15-14-7-8-5-9(16(18)19)6-10(20-2)11(8)17/h3,5-7,17H,1,4H2,2H3,(H2,13,15,21). The lowest BCUT2D eigenvalue weighted by Crippen LogP contribution is -2.31. The van der Waals surface area contributed by atoms with Crippen LogP contribution in [0.5, 0.6) is 11.5 Å². The maximum Gasteiger partial charge on any atom is 0.274 e. The Labute approximate surface area is 126 Å². The number of phenols is 1. The number of phenolic OH excluding ortho intramolecular Hbond substituents is 1. The predicted molar refractivity (Wildman–Crippen MR) is 82.8 cm³/mol. The molecule has 1 aromatic carbocycles. The second-order valence-corrected chi connectivity index (χ2v) is 4.12. The average Bonchev–Trinajstić information content (AvgIpc) is 2.46. The molecule has 0 fully saturated rings. The molecule has 0 aliphatic heterocycles. The molecule has 0 saturated carbocycles. The van der Waals surface area contributed by atoms with Crippen molar-refractivity contribution in [3.05, 3.63) is 40.5 Å². The van der Waals surface area contributed by atoms with E-state index in [9.17, 15) is 15.2 Å². The third-order valence-corrected chi connectivity index (χ3v) is 2.53. The summed E-state index contributed by atoms with van der Waals surface area (Å²) >= 11 is 4.90. The molecule has 0 heterocycles. The largest absolute Gasteiger partial charge is 0.504 e. The molecule has 0 saturated heterocycles. The molecule has 0 aliphatic rings. The van der Waals surface area contributed by atoms with Gasteiger partial charge in [0.05, 0.1) is 24.3 Å². The molecule has 0 spiro atoms. The van der Waals surface area contributed by atoms with E-state index in [1.54, 1.807) is 6.08 Å². The molecule has 0 bridgehead atoms. The number of hydrogen-bond acceptors (Lipinski definition) is 6. The van der Waals surface area contributed by atoms with Crippen LogP contribution in [-0.2, 0) is 0 Å². The molecule has 21 heavy (non-hydrogen) atoms. The van der Waals surface area contributed by atoms with Crippen molar-refractivity contribution in [1.29, 1.82) is 0 Å². The van der Waals surface area contributed by atoms with E-state index in [-0.39, 0.29) is 27.9 Å². The van der Waals surface area contributed by atoms with Crippen molar-refractivity contribution < 1.29 is 14.8 Å². The molecule has 0 unspecified atom stereocenters. The minimum atomic E-state index is -0.594. The summed E-state index contributed by atoms with van der Waals surface area (Å²) in [6.45, 7) is 3.99. The van der Waals surface area contributed by atoms with Crippen LogP contribution in [0.25, 0.3) is 0 Å². The smallest absolute Gasteiger partial charge is 0.274 e. The van der Waals surface area contributed by atoms with Gasteiger partial charge in [0, 0.05) is 18.2 Å². The van der Waals surface area contributed by atoms with Crippen molar-refractivity contribution in [3.63, 3.8) is 0 Å². The molecule has 0 radical (unpaired) electrons. The van der Waals surface area contributed by atoms with E-state index in [2.05, 4.69) is 22.4 Å². The Morgan fingerprint density at radius 3 is 2.95 bits per heavy atom. The van der Waals surface area contributed by atoms with E-state index in [0.29, 0.717) is 6.54 Å². The summed E-state index contributed by atoms with van der Waals surface area (Å²) in [7, 11) is 1.30. The number of rotatable bonds is 6. The fourth-order valence-corrected chi connectivity index (χ4v) is 1.47. The van der Waals surface area contributed by atoms with Gasteiger partial charge in [-0.1, -0.05) is 6.08 Å². The van der Waals surface area contributed by atoms with E-state index in [0.717, 1.165) is 6.07 Å². The van der Waals surface area contributed by atoms with Gasteiger partial charge in [-0.3, -0.25) is 15.5 Å². The number of nitrogens with one attached hydrogen (secondary N) is 2. The highest BCUT2D eigenvalue weighted by atomic mass is 32.1. The molecule has 1 rings (SSSR count). The van der Waals surface area contributed by atoms with Gasteiger partial charge in [0.1, 0.15) is 0 Å². The van der Waals surface area contributed by atoms with Crippen LogP contribution < -0.4 is 15.5 Å². The number of thiocarbonyl (C=S) groups is 1. The van der Waals surface area contributed by atoms with Gasteiger partial charge in [0.15, 0.2) is 16.6 Å². The van der Waals surface area contributed by atoms with Crippen molar-refractivity contribution in [1.82, 2.24) is 10.7 Å². The lowest BCUT2D eigenvalue weighted by atomic mass is 10.2. The zero-order valence-corrected chi connectivity index (χ0v) is 12.0. The lowest BCUT2D eigenvalue weighted by Gasteiger charge is -2.06.